The van der Waals surface area contributed by atoms with E-state index in [0.717, 1.165) is 0 Å². The van der Waals surface area contributed by atoms with E-state index in [1.165, 1.54) is 27.7 Å². The van der Waals surface area contributed by atoms with Gasteiger partial charge in [-0.1, -0.05) is 12.5 Å². The van der Waals surface area contributed by atoms with Crippen LogP contribution in [0.1, 0.15) is 68.2 Å². The standard InChI is InChI=1S/C28H36O12/c1-12-9-17(34-13(2)29)22(36-15(4)31)25(6)18(35-14(3)30)11-19-26(7,39-19)21(25)23(37-16(5)32)28-20(10-12)38-24(33)27(28,8)40-28/h10,17-23H,9,11H2,1-8H3/b12-10-/t17-,18+,19+,20+,21-,22+,23+,25+,26+,27+,28+/m1/s1. The number of carbonyl (C=O) groups is 5. The zero-order chi connectivity index (χ0) is 29.6. The highest BCUT2D eigenvalue weighted by Crippen LogP contribution is 2.69. The van der Waals surface area contributed by atoms with E-state index in [0.29, 0.717) is 5.57 Å². The van der Waals surface area contributed by atoms with Gasteiger partial charge in [-0.25, -0.2) is 4.79 Å². The molecule has 40 heavy (non-hydrogen) atoms. The molecule has 0 unspecified atom stereocenters. The van der Waals surface area contributed by atoms with Crippen LogP contribution in [0.5, 0.6) is 0 Å². The Hall–Kier alpha value is -2.99. The van der Waals surface area contributed by atoms with E-state index in [2.05, 4.69) is 0 Å². The Morgan fingerprint density at radius 2 is 1.45 bits per heavy atom. The van der Waals surface area contributed by atoms with Gasteiger partial charge in [-0.05, 0) is 26.8 Å². The minimum Gasteiger partial charge on any atom is -0.462 e. The van der Waals surface area contributed by atoms with E-state index in [-0.39, 0.29) is 12.8 Å². The lowest BCUT2D eigenvalue weighted by Gasteiger charge is -2.54. The second kappa shape index (κ2) is 9.01. The predicted molar refractivity (Wildman–Crippen MR) is 132 cm³/mol. The van der Waals surface area contributed by atoms with Gasteiger partial charge in [0, 0.05) is 46.5 Å². The van der Waals surface area contributed by atoms with Gasteiger partial charge in [0.15, 0.2) is 17.3 Å². The van der Waals surface area contributed by atoms with Gasteiger partial charge < -0.3 is 33.2 Å². The fourth-order valence-electron chi connectivity index (χ4n) is 7.70. The molecule has 11 atom stereocenters. The Bertz CT molecular complexity index is 1210. The largest absolute Gasteiger partial charge is 0.462 e. The Labute approximate surface area is 231 Å². The summed E-state index contributed by atoms with van der Waals surface area (Å²) in [4.78, 5) is 63.2. The molecule has 3 aliphatic heterocycles. The van der Waals surface area contributed by atoms with Crippen LogP contribution in [0, 0.1) is 11.3 Å². The van der Waals surface area contributed by atoms with Crippen LogP contribution in [-0.4, -0.2) is 83.3 Å². The first-order valence-electron chi connectivity index (χ1n) is 13.5. The summed E-state index contributed by atoms with van der Waals surface area (Å²) in [6.07, 6.45) is -3.61. The minimum atomic E-state index is -1.43. The molecule has 5 rings (SSSR count). The number of carbonyl (C=O) groups excluding carboxylic acids is 5. The zero-order valence-electron chi connectivity index (χ0n) is 23.9. The number of fused-ring (bicyclic) bond motifs is 3. The molecule has 1 saturated carbocycles. The number of epoxide rings is 2. The van der Waals surface area contributed by atoms with Crippen molar-refractivity contribution in [2.24, 2.45) is 11.3 Å². The van der Waals surface area contributed by atoms with Crippen molar-refractivity contribution in [3.05, 3.63) is 11.6 Å². The monoisotopic (exact) mass is 564 g/mol. The highest BCUT2D eigenvalue weighted by Gasteiger charge is 2.89. The third kappa shape index (κ3) is 3.97. The predicted octanol–water partition coefficient (Wildman–Crippen LogP) is 1.70. The Balaban J connectivity index is 1.81. The summed E-state index contributed by atoms with van der Waals surface area (Å²) in [7, 11) is 0. The smallest absolute Gasteiger partial charge is 0.342 e. The molecule has 0 amide bonds. The lowest BCUT2D eigenvalue weighted by Crippen LogP contribution is -2.68. The summed E-state index contributed by atoms with van der Waals surface area (Å²) < 4.78 is 41.9. The number of esters is 5. The van der Waals surface area contributed by atoms with Crippen LogP contribution in [0.15, 0.2) is 11.6 Å². The van der Waals surface area contributed by atoms with Crippen molar-refractivity contribution < 1.29 is 57.1 Å². The fraction of sp³-hybridized carbons (Fsp3) is 0.750. The summed E-state index contributed by atoms with van der Waals surface area (Å²) >= 11 is 0. The Kier molecular flexibility index (Phi) is 6.42. The molecule has 0 aromatic carbocycles. The molecule has 12 nitrogen and oxygen atoms in total. The molecular formula is C28H36O12. The molecule has 0 radical (unpaired) electrons. The highest BCUT2D eigenvalue weighted by molar-refractivity contribution is 5.89. The van der Waals surface area contributed by atoms with E-state index >= 15 is 0 Å². The first kappa shape index (κ1) is 28.5. The molecule has 220 valence electrons. The molecule has 12 heteroatoms. The second-order valence-corrected chi connectivity index (χ2v) is 12.1. The SMILES string of the molecule is CC(=O)O[C@H]1C[C@@H]2O[C@]2(C)[C@@H]2[C@H](OC(C)=O)[C@]34O[C@@]3(C)C(=O)O[C@H]4/C=C(/C)C[C@@H](OC(C)=O)[C@H](OC(C)=O)[C@@]12C. The number of rotatable bonds is 4. The van der Waals surface area contributed by atoms with Gasteiger partial charge in [0.1, 0.15) is 24.4 Å². The van der Waals surface area contributed by atoms with Gasteiger partial charge >= 0.3 is 29.8 Å². The van der Waals surface area contributed by atoms with E-state index in [4.69, 9.17) is 33.2 Å². The Morgan fingerprint density at radius 3 is 2.00 bits per heavy atom. The summed E-state index contributed by atoms with van der Waals surface area (Å²) in [5.41, 5.74) is -4.56. The lowest BCUT2D eigenvalue weighted by atomic mass is 9.53. The maximum absolute atomic E-state index is 13.1. The quantitative estimate of drug-likeness (QED) is 0.211. The van der Waals surface area contributed by atoms with Crippen molar-refractivity contribution in [3.63, 3.8) is 0 Å². The average molecular weight is 565 g/mol. The lowest BCUT2D eigenvalue weighted by molar-refractivity contribution is -0.228. The van der Waals surface area contributed by atoms with Crippen molar-refractivity contribution in [2.45, 2.75) is 122 Å². The van der Waals surface area contributed by atoms with Gasteiger partial charge in [-0.3, -0.25) is 19.2 Å². The first-order chi connectivity index (χ1) is 18.5. The number of hydrogen-bond donors (Lipinski definition) is 0. The third-order valence-electron chi connectivity index (χ3n) is 9.36. The van der Waals surface area contributed by atoms with Crippen LogP contribution in [0.4, 0.5) is 0 Å². The molecule has 3 heterocycles. The second-order valence-electron chi connectivity index (χ2n) is 12.1. The van der Waals surface area contributed by atoms with Crippen molar-refractivity contribution in [3.8, 4) is 0 Å². The molecule has 0 aromatic rings. The van der Waals surface area contributed by atoms with E-state index < -0.39 is 94.6 Å². The number of ether oxygens (including phenoxy) is 7. The van der Waals surface area contributed by atoms with E-state index in [9.17, 15) is 24.0 Å². The highest BCUT2D eigenvalue weighted by atomic mass is 16.7. The van der Waals surface area contributed by atoms with Crippen LogP contribution >= 0.6 is 0 Å². The molecule has 0 bridgehead atoms. The van der Waals surface area contributed by atoms with Gasteiger partial charge in [0.25, 0.3) is 0 Å². The van der Waals surface area contributed by atoms with Crippen LogP contribution in [0.2, 0.25) is 0 Å². The summed E-state index contributed by atoms with van der Waals surface area (Å²) in [6, 6.07) is 0. The topological polar surface area (TPSA) is 157 Å². The molecule has 0 N–H and O–H groups in total. The van der Waals surface area contributed by atoms with Crippen molar-refractivity contribution in [2.75, 3.05) is 0 Å². The molecule has 1 spiro atoms. The normalized spacial score (nSPS) is 47.9. The average Bonchev–Trinajstić information content (AvgIpc) is 3.64. The van der Waals surface area contributed by atoms with Crippen LogP contribution < -0.4 is 0 Å². The Morgan fingerprint density at radius 1 is 0.875 bits per heavy atom. The van der Waals surface area contributed by atoms with Gasteiger partial charge in [-0.2, -0.15) is 0 Å². The minimum absolute atomic E-state index is 0.104. The molecule has 5 aliphatic rings. The van der Waals surface area contributed by atoms with Crippen LogP contribution in [0.3, 0.4) is 0 Å². The zero-order valence-corrected chi connectivity index (χ0v) is 23.9. The van der Waals surface area contributed by atoms with Crippen LogP contribution in [0.25, 0.3) is 0 Å². The molecule has 4 fully saturated rings. The van der Waals surface area contributed by atoms with Crippen molar-refractivity contribution in [1.82, 2.24) is 0 Å². The summed E-state index contributed by atoms with van der Waals surface area (Å²) in [5.74, 6) is -3.99. The van der Waals surface area contributed by atoms with Gasteiger partial charge in [0.05, 0.1) is 17.1 Å². The summed E-state index contributed by atoms with van der Waals surface area (Å²) in [5, 5.41) is 0. The number of hydrogen-bond acceptors (Lipinski definition) is 12. The maximum atomic E-state index is 13.1. The third-order valence-corrected chi connectivity index (χ3v) is 9.36. The summed E-state index contributed by atoms with van der Waals surface area (Å²) in [6.45, 7) is 11.9. The fourth-order valence-corrected chi connectivity index (χ4v) is 7.70. The molecular weight excluding hydrogens is 528 g/mol. The maximum Gasteiger partial charge on any atom is 0.342 e. The van der Waals surface area contributed by atoms with E-state index in [1.54, 1.807) is 26.8 Å². The molecule has 0 aromatic heterocycles. The van der Waals surface area contributed by atoms with Gasteiger partial charge in [-0.15, -0.1) is 0 Å². The van der Waals surface area contributed by atoms with Crippen LogP contribution in [-0.2, 0) is 57.1 Å². The first-order valence-corrected chi connectivity index (χ1v) is 13.5. The molecule has 3 saturated heterocycles. The van der Waals surface area contributed by atoms with E-state index in [1.807, 2.05) is 6.92 Å². The van der Waals surface area contributed by atoms with Gasteiger partial charge in [0.2, 0.25) is 0 Å². The van der Waals surface area contributed by atoms with Crippen molar-refractivity contribution >= 4 is 29.8 Å². The molecule has 2 aliphatic carbocycles. The van der Waals surface area contributed by atoms with Crippen molar-refractivity contribution in [1.29, 1.82) is 0 Å².